The third kappa shape index (κ3) is 4.07. The van der Waals surface area contributed by atoms with Crippen molar-refractivity contribution < 1.29 is 9.18 Å². The molecule has 23 heavy (non-hydrogen) atoms. The minimum atomic E-state index is -0.269. The van der Waals surface area contributed by atoms with Gasteiger partial charge in [0.25, 0.3) is 5.91 Å². The number of nitrogens with two attached hydrogens (primary N) is 1. The van der Waals surface area contributed by atoms with Crippen molar-refractivity contribution in [1.82, 2.24) is 10.3 Å². The van der Waals surface area contributed by atoms with Gasteiger partial charge in [-0.25, -0.2) is 9.37 Å². The number of hydrogen-bond donors (Lipinski definition) is 2. The summed E-state index contributed by atoms with van der Waals surface area (Å²) >= 11 is 1.38. The maximum absolute atomic E-state index is 13.1. The van der Waals surface area contributed by atoms with Gasteiger partial charge in [-0.3, -0.25) is 4.79 Å². The predicted octanol–water partition coefficient (Wildman–Crippen LogP) is 3.43. The second-order valence-electron chi connectivity index (χ2n) is 5.52. The summed E-state index contributed by atoms with van der Waals surface area (Å²) in [6.45, 7) is 0.335. The van der Waals surface area contributed by atoms with Gasteiger partial charge >= 0.3 is 0 Å². The topological polar surface area (TPSA) is 68.0 Å². The van der Waals surface area contributed by atoms with Gasteiger partial charge in [0.1, 0.15) is 16.5 Å². The van der Waals surface area contributed by atoms with Gasteiger partial charge in [-0.2, -0.15) is 0 Å². The fraction of sp³-hybridized carbons (Fsp3) is 0.375. The first kappa shape index (κ1) is 17.8. The molecule has 1 aliphatic carbocycles. The highest BCUT2D eigenvalue weighted by atomic mass is 35.5. The van der Waals surface area contributed by atoms with Crippen molar-refractivity contribution >= 4 is 29.7 Å². The Morgan fingerprint density at radius 3 is 2.61 bits per heavy atom. The van der Waals surface area contributed by atoms with Crippen molar-refractivity contribution in [2.24, 2.45) is 11.7 Å². The first-order chi connectivity index (χ1) is 10.7. The van der Waals surface area contributed by atoms with Crippen LogP contribution in [0.1, 0.15) is 46.4 Å². The van der Waals surface area contributed by atoms with Gasteiger partial charge in [0.2, 0.25) is 0 Å². The van der Waals surface area contributed by atoms with Crippen molar-refractivity contribution in [1.29, 1.82) is 0 Å². The largest absolute Gasteiger partial charge is 0.344 e. The molecule has 1 aromatic heterocycles. The number of thiazole rings is 1. The minimum absolute atomic E-state index is 0. The zero-order valence-corrected chi connectivity index (χ0v) is 14.1. The Morgan fingerprint density at radius 1 is 1.39 bits per heavy atom. The van der Waals surface area contributed by atoms with Gasteiger partial charge in [0.05, 0.1) is 6.04 Å². The lowest BCUT2D eigenvalue weighted by Gasteiger charge is -2.34. The molecule has 0 spiro atoms. The van der Waals surface area contributed by atoms with Crippen molar-refractivity contribution in [2.45, 2.75) is 31.8 Å². The lowest BCUT2D eigenvalue weighted by Crippen LogP contribution is -2.36. The van der Waals surface area contributed by atoms with Crippen LogP contribution in [-0.4, -0.2) is 10.9 Å². The lowest BCUT2D eigenvalue weighted by molar-refractivity contribution is 0.0896. The van der Waals surface area contributed by atoms with Crippen LogP contribution in [-0.2, 0) is 6.54 Å². The second kappa shape index (κ2) is 7.86. The molecule has 1 atom stereocenters. The van der Waals surface area contributed by atoms with E-state index in [9.17, 15) is 9.18 Å². The Labute approximate surface area is 144 Å². The van der Waals surface area contributed by atoms with Crippen molar-refractivity contribution in [2.75, 3.05) is 0 Å². The van der Waals surface area contributed by atoms with Crippen LogP contribution in [0.15, 0.2) is 29.6 Å². The number of aromatic nitrogens is 1. The van der Waals surface area contributed by atoms with E-state index >= 15 is 0 Å². The molecule has 0 bridgehead atoms. The molecule has 3 rings (SSSR count). The molecular weight excluding hydrogens is 337 g/mol. The summed E-state index contributed by atoms with van der Waals surface area (Å²) in [6.07, 6.45) is 3.33. The number of rotatable bonds is 5. The molecule has 4 nitrogen and oxygen atoms in total. The summed E-state index contributed by atoms with van der Waals surface area (Å²) in [7, 11) is 0. The van der Waals surface area contributed by atoms with Crippen LogP contribution in [0.3, 0.4) is 0 Å². The minimum Gasteiger partial charge on any atom is -0.344 e. The first-order valence-corrected chi connectivity index (χ1v) is 8.26. The van der Waals surface area contributed by atoms with E-state index in [-0.39, 0.29) is 30.2 Å². The second-order valence-corrected chi connectivity index (χ2v) is 6.47. The third-order valence-electron chi connectivity index (χ3n) is 4.10. The molecule has 1 amide bonds. The van der Waals surface area contributed by atoms with E-state index in [0.29, 0.717) is 18.2 Å². The fourth-order valence-corrected chi connectivity index (χ4v) is 3.30. The Kier molecular flexibility index (Phi) is 6.10. The van der Waals surface area contributed by atoms with E-state index < -0.39 is 0 Å². The zero-order chi connectivity index (χ0) is 15.5. The first-order valence-electron chi connectivity index (χ1n) is 7.38. The van der Waals surface area contributed by atoms with E-state index in [4.69, 9.17) is 5.73 Å². The van der Waals surface area contributed by atoms with Crippen LogP contribution in [0.5, 0.6) is 0 Å². The van der Waals surface area contributed by atoms with E-state index in [1.54, 1.807) is 17.5 Å². The predicted molar refractivity (Wildman–Crippen MR) is 91.2 cm³/mol. The quantitative estimate of drug-likeness (QED) is 0.863. The Morgan fingerprint density at radius 2 is 2.09 bits per heavy atom. The van der Waals surface area contributed by atoms with Gasteiger partial charge in [-0.05, 0) is 36.5 Å². The molecule has 1 unspecified atom stereocenters. The Hall–Kier alpha value is -1.50. The Bertz CT molecular complexity index is 658. The van der Waals surface area contributed by atoms with Gasteiger partial charge in [0.15, 0.2) is 0 Å². The van der Waals surface area contributed by atoms with Crippen LogP contribution < -0.4 is 11.1 Å². The number of benzene rings is 1. The average molecular weight is 356 g/mol. The summed E-state index contributed by atoms with van der Waals surface area (Å²) in [5, 5.41) is 5.52. The number of carbonyl (C=O) groups excluding carboxylic acids is 1. The zero-order valence-electron chi connectivity index (χ0n) is 12.5. The van der Waals surface area contributed by atoms with Crippen LogP contribution in [0.4, 0.5) is 4.39 Å². The van der Waals surface area contributed by atoms with E-state index in [2.05, 4.69) is 10.3 Å². The normalized spacial score (nSPS) is 15.4. The highest BCUT2D eigenvalue weighted by molar-refractivity contribution is 7.09. The molecule has 1 heterocycles. The Balaban J connectivity index is 0.00000192. The van der Waals surface area contributed by atoms with Crippen molar-refractivity contribution in [3.63, 3.8) is 0 Å². The summed E-state index contributed by atoms with van der Waals surface area (Å²) in [5.41, 5.74) is 6.87. The number of nitrogens with one attached hydrogen (secondary N) is 1. The molecule has 124 valence electrons. The van der Waals surface area contributed by atoms with Gasteiger partial charge in [-0.1, -0.05) is 18.6 Å². The van der Waals surface area contributed by atoms with Crippen molar-refractivity contribution in [3.8, 4) is 0 Å². The van der Waals surface area contributed by atoms with E-state index in [1.807, 2.05) is 0 Å². The molecule has 1 fully saturated rings. The standard InChI is InChI=1S/C16H18FN3OS.ClH/c17-12-6-4-11(5-7-12)15(10-2-1-3-10)20-16(21)13-9-22-14(8-18)19-13;/h4-7,9-10,15H,1-3,8,18H2,(H,20,21);1H. The molecule has 1 aromatic carbocycles. The maximum atomic E-state index is 13.1. The molecule has 1 saturated carbocycles. The number of nitrogens with zero attached hydrogens (tertiary/aromatic N) is 1. The number of carbonyl (C=O) groups is 1. The maximum Gasteiger partial charge on any atom is 0.271 e. The smallest absolute Gasteiger partial charge is 0.271 e. The monoisotopic (exact) mass is 355 g/mol. The summed E-state index contributed by atoms with van der Waals surface area (Å²) < 4.78 is 13.1. The van der Waals surface area contributed by atoms with Crippen molar-refractivity contribution in [3.05, 3.63) is 51.7 Å². The third-order valence-corrected chi connectivity index (χ3v) is 4.97. The number of amides is 1. The lowest BCUT2D eigenvalue weighted by atomic mass is 9.77. The molecule has 3 N–H and O–H groups in total. The molecule has 0 radical (unpaired) electrons. The van der Waals surface area contributed by atoms with Gasteiger partial charge in [0, 0.05) is 11.9 Å². The highest BCUT2D eigenvalue weighted by Crippen LogP contribution is 2.37. The molecule has 7 heteroatoms. The molecule has 2 aromatic rings. The number of halogens is 2. The van der Waals surface area contributed by atoms with Crippen LogP contribution in [0, 0.1) is 11.7 Å². The van der Waals surface area contributed by atoms with Gasteiger partial charge in [-0.15, -0.1) is 23.7 Å². The summed E-state index contributed by atoms with van der Waals surface area (Å²) in [5.74, 6) is -0.0614. The average Bonchev–Trinajstić information content (AvgIpc) is 2.94. The summed E-state index contributed by atoms with van der Waals surface area (Å²) in [4.78, 5) is 16.6. The fourth-order valence-electron chi connectivity index (χ4n) is 2.64. The number of hydrogen-bond acceptors (Lipinski definition) is 4. The van der Waals surface area contributed by atoms with Crippen LogP contribution in [0.2, 0.25) is 0 Å². The highest BCUT2D eigenvalue weighted by Gasteiger charge is 2.30. The van der Waals surface area contributed by atoms with Crippen LogP contribution >= 0.6 is 23.7 Å². The van der Waals surface area contributed by atoms with E-state index in [0.717, 1.165) is 23.4 Å². The molecular formula is C16H19ClFN3OS. The molecule has 0 saturated heterocycles. The summed E-state index contributed by atoms with van der Waals surface area (Å²) in [6, 6.07) is 6.26. The van der Waals surface area contributed by atoms with Gasteiger partial charge < -0.3 is 11.1 Å². The van der Waals surface area contributed by atoms with Crippen LogP contribution in [0.25, 0.3) is 0 Å². The van der Waals surface area contributed by atoms with E-state index in [1.165, 1.54) is 29.9 Å². The molecule has 1 aliphatic rings. The SMILES string of the molecule is Cl.NCc1nc(C(=O)NC(c2ccc(F)cc2)C2CCC2)cs1. The molecule has 0 aliphatic heterocycles.